The van der Waals surface area contributed by atoms with Crippen molar-refractivity contribution < 1.29 is 14.0 Å². The quantitative estimate of drug-likeness (QED) is 0.560. The van der Waals surface area contributed by atoms with Gasteiger partial charge in [-0.1, -0.05) is 51.1 Å². The Labute approximate surface area is 164 Å². The normalized spacial score (nSPS) is 18.1. The maximum absolute atomic E-state index is 12.4. The van der Waals surface area contributed by atoms with E-state index in [-0.39, 0.29) is 23.8 Å². The Hall–Kier alpha value is -2.04. The van der Waals surface area contributed by atoms with Gasteiger partial charge in [-0.25, -0.2) is 4.79 Å². The summed E-state index contributed by atoms with van der Waals surface area (Å²) in [5.41, 5.74) is 0.962. The smallest absolute Gasteiger partial charge is 0.410 e. The number of hydrogen-bond donors (Lipinski definition) is 0. The van der Waals surface area contributed by atoms with Gasteiger partial charge in [-0.15, -0.1) is 5.01 Å². The predicted octanol–water partition coefficient (Wildman–Crippen LogP) is 4.17. The van der Waals surface area contributed by atoms with Crippen LogP contribution in [0, 0.1) is 6.57 Å². The summed E-state index contributed by atoms with van der Waals surface area (Å²) in [6.45, 7) is 20.6. The van der Waals surface area contributed by atoms with Crippen molar-refractivity contribution in [1.29, 1.82) is 0 Å². The van der Waals surface area contributed by atoms with Gasteiger partial charge < -0.3 is 14.1 Å². The van der Waals surface area contributed by atoms with Crippen molar-refractivity contribution in [2.75, 3.05) is 26.2 Å². The van der Waals surface area contributed by atoms with Crippen molar-refractivity contribution in [2.24, 2.45) is 0 Å². The molecule has 1 saturated heterocycles. The van der Waals surface area contributed by atoms with Crippen LogP contribution >= 0.6 is 0 Å². The van der Waals surface area contributed by atoms with Crippen molar-refractivity contribution >= 4 is 14.4 Å². The second-order valence-corrected chi connectivity index (χ2v) is 13.3. The van der Waals surface area contributed by atoms with Gasteiger partial charge in [-0.05, 0) is 23.7 Å². The summed E-state index contributed by atoms with van der Waals surface area (Å²) in [7, 11) is -1.90. The predicted molar refractivity (Wildman–Crippen MR) is 108 cm³/mol. The minimum atomic E-state index is -1.90. The van der Waals surface area contributed by atoms with Gasteiger partial charge in [0.2, 0.25) is 0 Å². The molecule has 1 aromatic carbocycles. The third kappa shape index (κ3) is 5.71. The summed E-state index contributed by atoms with van der Waals surface area (Å²) >= 11 is 0. The third-order valence-electron chi connectivity index (χ3n) is 5.49. The number of piperazine rings is 1. The van der Waals surface area contributed by atoms with E-state index in [1.54, 1.807) is 9.91 Å². The Morgan fingerprint density at radius 1 is 1.26 bits per heavy atom. The molecule has 1 aliphatic heterocycles. The van der Waals surface area contributed by atoms with Crippen molar-refractivity contribution in [3.05, 3.63) is 47.4 Å². The average Bonchev–Trinajstić information content (AvgIpc) is 2.64. The van der Waals surface area contributed by atoms with Gasteiger partial charge in [-0.2, -0.15) is 11.5 Å². The van der Waals surface area contributed by atoms with Crippen molar-refractivity contribution in [3.63, 3.8) is 0 Å². The van der Waals surface area contributed by atoms with Crippen LogP contribution in [0.5, 0.6) is 0 Å². The molecular formula is C20H31N3O3Si. The molecule has 0 saturated carbocycles. The number of carbonyl (C=O) groups excluding carboxylic acids is 1. The van der Waals surface area contributed by atoms with E-state index in [4.69, 9.17) is 15.7 Å². The molecule has 0 N–H and O–H groups in total. The molecule has 1 heterocycles. The van der Waals surface area contributed by atoms with Crippen molar-refractivity contribution in [3.8, 4) is 0 Å². The monoisotopic (exact) mass is 389 g/mol. The second kappa shape index (κ2) is 8.76. The Bertz CT molecular complexity index is 667. The Morgan fingerprint density at radius 2 is 1.93 bits per heavy atom. The first-order valence-corrected chi connectivity index (χ1v) is 12.3. The van der Waals surface area contributed by atoms with Crippen LogP contribution in [0.4, 0.5) is 4.79 Å². The number of carbonyl (C=O) groups is 1. The summed E-state index contributed by atoms with van der Waals surface area (Å²) < 4.78 is 11.7. The highest BCUT2D eigenvalue weighted by atomic mass is 28.4. The second-order valence-electron chi connectivity index (χ2n) is 8.47. The molecule has 0 radical (unpaired) electrons. The van der Waals surface area contributed by atoms with Crippen LogP contribution in [-0.4, -0.2) is 56.6 Å². The maximum Gasteiger partial charge on any atom is 0.410 e. The molecule has 1 atom stereocenters. The van der Waals surface area contributed by atoms with Crippen molar-refractivity contribution in [2.45, 2.75) is 51.6 Å². The Morgan fingerprint density at radius 3 is 2.52 bits per heavy atom. The van der Waals surface area contributed by atoms with E-state index >= 15 is 0 Å². The molecule has 0 aromatic heterocycles. The molecule has 0 spiro atoms. The average molecular weight is 390 g/mol. The molecule has 1 fully saturated rings. The lowest BCUT2D eigenvalue weighted by atomic mass is 10.2. The fourth-order valence-corrected chi connectivity index (χ4v) is 3.66. The first kappa shape index (κ1) is 21.3. The summed E-state index contributed by atoms with van der Waals surface area (Å²) in [5.74, 6) is 0. The van der Waals surface area contributed by atoms with Gasteiger partial charge in [0.15, 0.2) is 8.32 Å². The first-order chi connectivity index (χ1) is 12.6. The first-order valence-electron chi connectivity index (χ1n) is 9.37. The lowest BCUT2D eigenvalue weighted by molar-refractivity contribution is 0.0474. The third-order valence-corrected chi connectivity index (χ3v) is 9.99. The largest absolute Gasteiger partial charge is 0.445 e. The number of ether oxygens (including phenoxy) is 1. The SMILES string of the molecule is [C-]#[N+]N1CCN(C(=O)OCc2ccccc2)C[C@H]1CO[Si](C)(C)C(C)(C)C. The van der Waals surface area contributed by atoms with Gasteiger partial charge in [-0.3, -0.25) is 0 Å². The topological polar surface area (TPSA) is 46.4 Å². The highest BCUT2D eigenvalue weighted by Crippen LogP contribution is 2.36. The van der Waals surface area contributed by atoms with E-state index in [0.29, 0.717) is 26.2 Å². The molecule has 27 heavy (non-hydrogen) atoms. The zero-order chi connectivity index (χ0) is 20.1. The lowest BCUT2D eigenvalue weighted by Crippen LogP contribution is -2.55. The van der Waals surface area contributed by atoms with E-state index in [0.717, 1.165) is 5.56 Å². The van der Waals surface area contributed by atoms with Crippen LogP contribution in [0.25, 0.3) is 4.95 Å². The molecule has 0 bridgehead atoms. The number of rotatable bonds is 5. The molecule has 0 unspecified atom stereocenters. The molecular weight excluding hydrogens is 358 g/mol. The van der Waals surface area contributed by atoms with Crippen LogP contribution in [0.3, 0.4) is 0 Å². The standard InChI is InChI=1S/C20H31N3O3Si/c1-20(2,3)27(5,6)26-16-18-14-22(12-13-23(18)21-4)19(24)25-15-17-10-8-7-9-11-17/h7-11,18H,12-16H2,1-3,5-6H3/t18-/m0/s1. The van der Waals surface area contributed by atoms with E-state index in [9.17, 15) is 4.79 Å². The molecule has 148 valence electrons. The van der Waals surface area contributed by atoms with Gasteiger partial charge in [0.05, 0.1) is 13.2 Å². The molecule has 1 aliphatic rings. The molecule has 7 heteroatoms. The van der Waals surface area contributed by atoms with Crippen LogP contribution in [0.2, 0.25) is 18.1 Å². The highest BCUT2D eigenvalue weighted by molar-refractivity contribution is 6.74. The van der Waals surface area contributed by atoms with Gasteiger partial charge in [0.1, 0.15) is 19.2 Å². The number of amides is 1. The Balaban J connectivity index is 1.93. The zero-order valence-electron chi connectivity index (χ0n) is 17.1. The van der Waals surface area contributed by atoms with Crippen LogP contribution in [0.15, 0.2) is 30.3 Å². The van der Waals surface area contributed by atoms with Crippen LogP contribution in [0.1, 0.15) is 26.3 Å². The number of nitrogens with zero attached hydrogens (tertiary/aromatic N) is 3. The fourth-order valence-electron chi connectivity index (χ4n) is 2.61. The van der Waals surface area contributed by atoms with E-state index < -0.39 is 8.32 Å². The fraction of sp³-hybridized carbons (Fsp3) is 0.600. The van der Waals surface area contributed by atoms with Gasteiger partial charge >= 0.3 is 6.09 Å². The van der Waals surface area contributed by atoms with E-state index in [2.05, 4.69) is 38.8 Å². The molecule has 2 rings (SSSR count). The molecule has 1 aromatic rings. The Kier molecular flexibility index (Phi) is 6.90. The van der Waals surface area contributed by atoms with Gasteiger partial charge in [0.25, 0.3) is 0 Å². The summed E-state index contributed by atoms with van der Waals surface area (Å²) in [6.07, 6.45) is -0.333. The molecule has 1 amide bonds. The molecule has 6 nitrogen and oxygen atoms in total. The minimum Gasteiger partial charge on any atom is -0.445 e. The van der Waals surface area contributed by atoms with Crippen LogP contribution in [-0.2, 0) is 15.8 Å². The van der Waals surface area contributed by atoms with E-state index in [1.165, 1.54) is 0 Å². The maximum atomic E-state index is 12.4. The zero-order valence-corrected chi connectivity index (χ0v) is 18.1. The van der Waals surface area contributed by atoms with Gasteiger partial charge in [0, 0.05) is 6.54 Å². The summed E-state index contributed by atoms with van der Waals surface area (Å²) in [5, 5.41) is 1.81. The molecule has 0 aliphatic carbocycles. The summed E-state index contributed by atoms with van der Waals surface area (Å²) in [6, 6.07) is 9.51. The van der Waals surface area contributed by atoms with Crippen molar-refractivity contribution in [1.82, 2.24) is 9.91 Å². The minimum absolute atomic E-state index is 0.110. The number of hydrogen-bond acceptors (Lipinski definition) is 4. The lowest BCUT2D eigenvalue weighted by Gasteiger charge is -2.39. The highest BCUT2D eigenvalue weighted by Gasteiger charge is 2.40. The van der Waals surface area contributed by atoms with E-state index in [1.807, 2.05) is 30.3 Å². The number of benzene rings is 1. The van der Waals surface area contributed by atoms with Crippen LogP contribution < -0.4 is 0 Å². The summed E-state index contributed by atoms with van der Waals surface area (Å²) in [4.78, 5) is 17.8.